The van der Waals surface area contributed by atoms with E-state index in [0.29, 0.717) is 38.2 Å². The maximum atomic E-state index is 12.9. The number of benzene rings is 3. The lowest BCUT2D eigenvalue weighted by atomic mass is 10.1. The van der Waals surface area contributed by atoms with E-state index in [1.165, 1.54) is 0 Å². The first-order chi connectivity index (χ1) is 14.5. The Labute approximate surface area is 181 Å². The number of anilines is 2. The maximum Gasteiger partial charge on any atom is 0.201 e. The zero-order valence-electron chi connectivity index (χ0n) is 15.4. The van der Waals surface area contributed by atoms with Crippen LogP contribution in [0.4, 0.5) is 11.5 Å². The van der Waals surface area contributed by atoms with E-state index in [0.717, 1.165) is 5.39 Å². The van der Waals surface area contributed by atoms with Crippen molar-refractivity contribution in [3.63, 3.8) is 0 Å². The van der Waals surface area contributed by atoms with Crippen molar-refractivity contribution in [2.24, 2.45) is 0 Å². The predicted octanol–water partition coefficient (Wildman–Crippen LogP) is 6.30. The lowest BCUT2D eigenvalue weighted by Gasteiger charge is -2.12. The van der Waals surface area contributed by atoms with Gasteiger partial charge in [0.25, 0.3) is 0 Å². The number of nitrogens with zero attached hydrogens (tertiary/aromatic N) is 2. The van der Waals surface area contributed by atoms with E-state index < -0.39 is 0 Å². The number of aliphatic hydroxyl groups is 1. The van der Waals surface area contributed by atoms with E-state index in [2.05, 4.69) is 15.3 Å². The summed E-state index contributed by atoms with van der Waals surface area (Å²) in [6.45, 7) is 0. The highest BCUT2D eigenvalue weighted by atomic mass is 35.5. The number of halogens is 2. The molecule has 30 heavy (non-hydrogen) atoms. The molecule has 0 aliphatic heterocycles. The molecule has 1 aliphatic rings. The van der Waals surface area contributed by atoms with Gasteiger partial charge in [-0.3, -0.25) is 4.79 Å². The minimum Gasteiger partial charge on any atom is -0.506 e. The highest BCUT2D eigenvalue weighted by molar-refractivity contribution is 6.42. The maximum absolute atomic E-state index is 12.9. The van der Waals surface area contributed by atoms with Gasteiger partial charge in [-0.1, -0.05) is 59.6 Å². The van der Waals surface area contributed by atoms with E-state index in [1.807, 2.05) is 24.3 Å². The number of hydrogen-bond acceptors (Lipinski definition) is 5. The fraction of sp³-hybridized carbons (Fsp3) is 0. The minimum atomic E-state index is -0.307. The third kappa shape index (κ3) is 3.00. The summed E-state index contributed by atoms with van der Waals surface area (Å²) in [5, 5.41) is 15.5. The molecule has 2 N–H and O–H groups in total. The summed E-state index contributed by atoms with van der Waals surface area (Å²) in [6.07, 6.45) is 0. The van der Waals surface area contributed by atoms with E-state index in [-0.39, 0.29) is 22.9 Å². The monoisotopic (exact) mass is 433 g/mol. The molecule has 3 aromatic carbocycles. The summed E-state index contributed by atoms with van der Waals surface area (Å²) < 4.78 is 0. The number of para-hydroxylation sites is 1. The van der Waals surface area contributed by atoms with Gasteiger partial charge >= 0.3 is 0 Å². The Morgan fingerprint density at radius 2 is 1.57 bits per heavy atom. The average molecular weight is 434 g/mol. The number of carbonyl (C=O) groups is 1. The topological polar surface area (TPSA) is 75.1 Å². The molecule has 7 heteroatoms. The smallest absolute Gasteiger partial charge is 0.201 e. The second-order valence-electron chi connectivity index (χ2n) is 6.77. The number of aliphatic hydroxyl groups excluding tert-OH is 1. The van der Waals surface area contributed by atoms with Crippen molar-refractivity contribution in [3.05, 3.63) is 93.7 Å². The molecule has 4 aromatic rings. The van der Waals surface area contributed by atoms with Gasteiger partial charge in [-0.15, -0.1) is 0 Å². The van der Waals surface area contributed by atoms with Crippen molar-refractivity contribution in [2.75, 3.05) is 5.32 Å². The van der Waals surface area contributed by atoms with Crippen molar-refractivity contribution in [3.8, 4) is 0 Å². The van der Waals surface area contributed by atoms with Gasteiger partial charge in [0.2, 0.25) is 5.78 Å². The molecule has 0 saturated heterocycles. The molecule has 0 radical (unpaired) electrons. The molecule has 1 aromatic heterocycles. The Balaban J connectivity index is 1.67. The Hall–Kier alpha value is -3.41. The summed E-state index contributed by atoms with van der Waals surface area (Å²) in [6, 6.07) is 19.5. The number of hydrogen-bond donors (Lipinski definition) is 2. The lowest BCUT2D eigenvalue weighted by molar-refractivity contribution is 0.105. The van der Waals surface area contributed by atoms with Crippen molar-refractivity contribution in [1.29, 1.82) is 0 Å². The summed E-state index contributed by atoms with van der Waals surface area (Å²) in [7, 11) is 0. The van der Waals surface area contributed by atoms with Crippen molar-refractivity contribution < 1.29 is 9.90 Å². The summed E-state index contributed by atoms with van der Waals surface area (Å²) in [5.74, 6) is 0.207. The quantitative estimate of drug-likeness (QED) is 0.396. The van der Waals surface area contributed by atoms with Crippen LogP contribution in [0.15, 0.2) is 66.7 Å². The third-order valence-electron chi connectivity index (χ3n) is 4.90. The highest BCUT2D eigenvalue weighted by Crippen LogP contribution is 2.37. The second-order valence-corrected chi connectivity index (χ2v) is 7.58. The molecule has 1 aliphatic carbocycles. The van der Waals surface area contributed by atoms with Crippen LogP contribution in [0.2, 0.25) is 10.0 Å². The van der Waals surface area contributed by atoms with Crippen molar-refractivity contribution in [1.82, 2.24) is 9.97 Å². The van der Waals surface area contributed by atoms with E-state index in [9.17, 15) is 9.90 Å². The molecule has 0 amide bonds. The van der Waals surface area contributed by atoms with Gasteiger partial charge in [0.1, 0.15) is 17.2 Å². The van der Waals surface area contributed by atoms with Crippen LogP contribution in [-0.4, -0.2) is 20.9 Å². The van der Waals surface area contributed by atoms with Crippen LogP contribution >= 0.6 is 23.2 Å². The zero-order valence-corrected chi connectivity index (χ0v) is 16.9. The Bertz CT molecular complexity index is 1380. The van der Waals surface area contributed by atoms with E-state index in [4.69, 9.17) is 23.2 Å². The molecule has 5 rings (SSSR count). The molecular formula is C23H13Cl2N3O2. The van der Waals surface area contributed by atoms with Crippen LogP contribution in [-0.2, 0) is 0 Å². The number of carbonyl (C=O) groups excluding carboxylic acids is 1. The molecule has 0 spiro atoms. The van der Waals surface area contributed by atoms with Gasteiger partial charge in [-0.25, -0.2) is 9.97 Å². The number of rotatable bonds is 3. The number of fused-ring (bicyclic) bond motifs is 2. The van der Waals surface area contributed by atoms with Gasteiger partial charge < -0.3 is 10.4 Å². The summed E-state index contributed by atoms with van der Waals surface area (Å²) >= 11 is 12.1. The average Bonchev–Trinajstić information content (AvgIpc) is 3.01. The molecular weight excluding hydrogens is 421 g/mol. The normalized spacial score (nSPS) is 13.1. The predicted molar refractivity (Wildman–Crippen MR) is 119 cm³/mol. The van der Waals surface area contributed by atoms with Gasteiger partial charge in [0.05, 0.1) is 15.6 Å². The number of ketones is 1. The number of aromatic nitrogens is 2. The van der Waals surface area contributed by atoms with Crippen LogP contribution in [0, 0.1) is 0 Å². The SMILES string of the molecule is O=C1C(c2nc(Nc3ccc(Cl)c(Cl)c3)c3ccccc3n2)=C(O)c2ccccc21. The molecule has 0 saturated carbocycles. The zero-order chi connectivity index (χ0) is 20.8. The number of nitrogens with one attached hydrogen (secondary N) is 1. The van der Waals surface area contributed by atoms with Crippen LogP contribution in [0.25, 0.3) is 22.2 Å². The first kappa shape index (κ1) is 18.6. The highest BCUT2D eigenvalue weighted by Gasteiger charge is 2.32. The lowest BCUT2D eigenvalue weighted by Crippen LogP contribution is -2.06. The second kappa shape index (κ2) is 7.13. The van der Waals surface area contributed by atoms with Crippen molar-refractivity contribution >= 4 is 62.7 Å². The molecule has 0 bridgehead atoms. The standard InChI is InChI=1S/C23H13Cl2N3O2/c24-16-10-9-12(11-17(16)25)26-22-15-7-3-4-8-18(15)27-23(28-22)19-20(29)13-5-1-2-6-14(13)21(19)30/h1-11,29H,(H,26,27,28). The summed E-state index contributed by atoms with van der Waals surface area (Å²) in [4.78, 5) is 22.1. The molecule has 146 valence electrons. The van der Waals surface area contributed by atoms with E-state index >= 15 is 0 Å². The van der Waals surface area contributed by atoms with Gasteiger partial charge in [0, 0.05) is 22.2 Å². The Morgan fingerprint density at radius 1 is 0.833 bits per heavy atom. The first-order valence-electron chi connectivity index (χ1n) is 9.09. The molecule has 1 heterocycles. The Morgan fingerprint density at radius 3 is 2.33 bits per heavy atom. The fourth-order valence-corrected chi connectivity index (χ4v) is 3.76. The molecule has 0 unspecified atom stereocenters. The third-order valence-corrected chi connectivity index (χ3v) is 5.64. The van der Waals surface area contributed by atoms with Crippen LogP contribution < -0.4 is 5.32 Å². The fourth-order valence-electron chi connectivity index (χ4n) is 3.47. The van der Waals surface area contributed by atoms with Crippen LogP contribution in [0.1, 0.15) is 21.7 Å². The van der Waals surface area contributed by atoms with Crippen LogP contribution in [0.3, 0.4) is 0 Å². The van der Waals surface area contributed by atoms with Gasteiger partial charge in [-0.2, -0.15) is 0 Å². The molecule has 5 nitrogen and oxygen atoms in total. The first-order valence-corrected chi connectivity index (χ1v) is 9.85. The van der Waals surface area contributed by atoms with Crippen molar-refractivity contribution in [2.45, 2.75) is 0 Å². The molecule has 0 atom stereocenters. The van der Waals surface area contributed by atoms with Gasteiger partial charge in [0.15, 0.2) is 5.82 Å². The van der Waals surface area contributed by atoms with Crippen LogP contribution in [0.5, 0.6) is 0 Å². The summed E-state index contributed by atoms with van der Waals surface area (Å²) in [5.41, 5.74) is 2.31. The number of allylic oxidation sites excluding steroid dienone is 1. The minimum absolute atomic E-state index is 0.0825. The molecule has 0 fully saturated rings. The van der Waals surface area contributed by atoms with E-state index in [1.54, 1.807) is 42.5 Å². The van der Waals surface area contributed by atoms with Gasteiger partial charge in [-0.05, 0) is 30.3 Å². The number of Topliss-reactive ketones (excluding diaryl/α,β-unsaturated/α-hetero) is 1. The largest absolute Gasteiger partial charge is 0.506 e. The Kier molecular flexibility index (Phi) is 4.42.